The Morgan fingerprint density at radius 3 is 2.31 bits per heavy atom. The van der Waals surface area contributed by atoms with Crippen LogP contribution >= 0.6 is 0 Å². The van der Waals surface area contributed by atoms with Gasteiger partial charge in [0, 0.05) is 24.0 Å². The molecule has 0 bridgehead atoms. The molecule has 1 heterocycles. The summed E-state index contributed by atoms with van der Waals surface area (Å²) in [6, 6.07) is 10.4. The lowest BCUT2D eigenvalue weighted by Gasteiger charge is -2.31. The van der Waals surface area contributed by atoms with Gasteiger partial charge in [0.25, 0.3) is 0 Å². The predicted octanol–water partition coefficient (Wildman–Crippen LogP) is 4.37. The molecule has 0 radical (unpaired) electrons. The van der Waals surface area contributed by atoms with Crippen LogP contribution in [0.15, 0.2) is 65.2 Å². The van der Waals surface area contributed by atoms with Gasteiger partial charge >= 0.3 is 6.18 Å². The van der Waals surface area contributed by atoms with Crippen molar-refractivity contribution in [3.63, 3.8) is 0 Å². The normalized spacial score (nSPS) is 19.1. The van der Waals surface area contributed by atoms with Gasteiger partial charge in [-0.15, -0.1) is 0 Å². The smallest absolute Gasteiger partial charge is 0.341 e. The number of benzene rings is 2. The number of para-hydroxylation sites is 1. The Labute approximate surface area is 185 Å². The Morgan fingerprint density at radius 1 is 1.09 bits per heavy atom. The number of allylic oxidation sites excluding steroid dienone is 1. The molecular weight excluding hydrogens is 443 g/mol. The van der Waals surface area contributed by atoms with E-state index in [1.54, 1.807) is 26.8 Å². The number of hydrogen-bond acceptors (Lipinski definition) is 4. The maximum absolute atomic E-state index is 13.5. The van der Waals surface area contributed by atoms with Gasteiger partial charge in [0.1, 0.15) is 0 Å². The second-order valence-corrected chi connectivity index (χ2v) is 9.24. The Balaban J connectivity index is 1.79. The third-order valence-corrected chi connectivity index (χ3v) is 6.83. The largest absolute Gasteiger partial charge is 0.418 e. The zero-order chi connectivity index (χ0) is 23.7. The van der Waals surface area contributed by atoms with E-state index in [4.69, 9.17) is 0 Å². The van der Waals surface area contributed by atoms with Crippen molar-refractivity contribution in [2.75, 3.05) is 16.8 Å². The highest BCUT2D eigenvalue weighted by Crippen LogP contribution is 2.41. The zero-order valence-corrected chi connectivity index (χ0v) is 18.6. The summed E-state index contributed by atoms with van der Waals surface area (Å²) < 4.78 is 66.9. The summed E-state index contributed by atoms with van der Waals surface area (Å²) in [7, 11) is -3.61. The fourth-order valence-corrected chi connectivity index (χ4v) is 4.85. The van der Waals surface area contributed by atoms with E-state index in [1.165, 1.54) is 47.4 Å². The van der Waals surface area contributed by atoms with Gasteiger partial charge in [-0.3, -0.25) is 4.79 Å². The minimum absolute atomic E-state index is 0.00506. The lowest BCUT2D eigenvalue weighted by atomic mass is 10.0. The molecule has 10 heteroatoms. The molecule has 0 aliphatic carbocycles. The molecule has 2 atom stereocenters. The zero-order valence-electron chi connectivity index (χ0n) is 17.8. The van der Waals surface area contributed by atoms with E-state index in [1.807, 2.05) is 0 Å². The van der Waals surface area contributed by atoms with E-state index >= 15 is 0 Å². The molecule has 32 heavy (non-hydrogen) atoms. The average Bonchev–Trinajstić information content (AvgIpc) is 3.02. The summed E-state index contributed by atoms with van der Waals surface area (Å²) in [5, 5.41) is 2.71. The first-order chi connectivity index (χ1) is 15.0. The minimum atomic E-state index is -4.52. The topological polar surface area (TPSA) is 78.5 Å². The summed E-state index contributed by atoms with van der Waals surface area (Å²) in [5.74, 6) is -1.09. The molecule has 6 nitrogen and oxygen atoms in total. The number of carbonyl (C=O) groups excluding carboxylic acids is 1. The average molecular weight is 468 g/mol. The highest BCUT2D eigenvalue weighted by molar-refractivity contribution is 7.89. The molecule has 0 aromatic heterocycles. The van der Waals surface area contributed by atoms with Crippen LogP contribution in [-0.4, -0.2) is 26.9 Å². The van der Waals surface area contributed by atoms with Crippen molar-refractivity contribution >= 4 is 27.3 Å². The van der Waals surface area contributed by atoms with Crippen LogP contribution in [0.3, 0.4) is 0 Å². The number of alkyl halides is 3. The second-order valence-electron chi connectivity index (χ2n) is 7.47. The number of nitrogens with one attached hydrogen (secondary N) is 2. The van der Waals surface area contributed by atoms with Crippen molar-refractivity contribution in [1.82, 2.24) is 4.72 Å². The van der Waals surface area contributed by atoms with Gasteiger partial charge in [-0.2, -0.15) is 13.2 Å². The van der Waals surface area contributed by atoms with Crippen LogP contribution in [0.5, 0.6) is 0 Å². The molecule has 0 spiro atoms. The van der Waals surface area contributed by atoms with E-state index in [0.717, 1.165) is 6.07 Å². The quantitative estimate of drug-likeness (QED) is 0.661. The fraction of sp³-hybridized carbons (Fsp3) is 0.318. The number of carbonyl (C=O) groups is 1. The molecule has 0 saturated carbocycles. The number of nitrogens with zero attached hydrogens (tertiary/aromatic N) is 1. The summed E-state index contributed by atoms with van der Waals surface area (Å²) in [6.45, 7) is 5.27. The van der Waals surface area contributed by atoms with Gasteiger partial charge in [-0.05, 0) is 50.2 Å². The van der Waals surface area contributed by atoms with E-state index in [-0.39, 0.29) is 17.1 Å². The number of hydrogen-bond donors (Lipinski definition) is 2. The number of rotatable bonds is 6. The standard InChI is InChI=1S/C22H24F3N3O3S/c1-4-26-32(30,31)17-11-9-16(10-12-17)27-21(29)18-13-14(2)28(15(18)3)20-8-6-5-7-19(20)22(23,24)25/h5-13,15,18,26H,4H2,1-3H3,(H,27,29). The van der Waals surface area contributed by atoms with Crippen LogP contribution in [0.25, 0.3) is 0 Å². The predicted molar refractivity (Wildman–Crippen MR) is 117 cm³/mol. The monoisotopic (exact) mass is 467 g/mol. The summed E-state index contributed by atoms with van der Waals surface area (Å²) in [4.78, 5) is 14.5. The van der Waals surface area contributed by atoms with Crippen LogP contribution in [0.4, 0.5) is 24.5 Å². The second kappa shape index (κ2) is 8.95. The molecule has 2 aromatic carbocycles. The first-order valence-corrected chi connectivity index (χ1v) is 11.5. The van der Waals surface area contributed by atoms with Crippen LogP contribution in [0.2, 0.25) is 0 Å². The van der Waals surface area contributed by atoms with E-state index in [9.17, 15) is 26.4 Å². The highest BCUT2D eigenvalue weighted by atomic mass is 32.2. The van der Waals surface area contributed by atoms with Gasteiger partial charge < -0.3 is 10.2 Å². The molecule has 1 aliphatic rings. The van der Waals surface area contributed by atoms with Crippen molar-refractivity contribution in [3.8, 4) is 0 Å². The van der Waals surface area contributed by atoms with Gasteiger partial charge in [-0.1, -0.05) is 25.1 Å². The summed E-state index contributed by atoms with van der Waals surface area (Å²) >= 11 is 0. The molecule has 172 valence electrons. The third-order valence-electron chi connectivity index (χ3n) is 5.27. The molecule has 2 aromatic rings. The first kappa shape index (κ1) is 23.8. The Hall–Kier alpha value is -2.85. The van der Waals surface area contributed by atoms with Gasteiger partial charge in [-0.25, -0.2) is 13.1 Å². The highest BCUT2D eigenvalue weighted by Gasteiger charge is 2.40. The van der Waals surface area contributed by atoms with Gasteiger partial charge in [0.15, 0.2) is 0 Å². The molecule has 2 N–H and O–H groups in total. The number of sulfonamides is 1. The van der Waals surface area contributed by atoms with Gasteiger partial charge in [0.05, 0.1) is 22.1 Å². The van der Waals surface area contributed by atoms with Gasteiger partial charge in [0.2, 0.25) is 15.9 Å². The number of anilines is 2. The van der Waals surface area contributed by atoms with Crippen molar-refractivity contribution < 1.29 is 26.4 Å². The summed E-state index contributed by atoms with van der Waals surface area (Å²) in [6.07, 6.45) is -2.89. The Kier molecular flexibility index (Phi) is 6.66. The molecular formula is C22H24F3N3O3S. The van der Waals surface area contributed by atoms with Crippen molar-refractivity contribution in [1.29, 1.82) is 0 Å². The van der Waals surface area contributed by atoms with Crippen molar-refractivity contribution in [2.24, 2.45) is 5.92 Å². The van der Waals surface area contributed by atoms with Crippen molar-refractivity contribution in [3.05, 3.63) is 65.9 Å². The SMILES string of the molecule is CCNS(=O)(=O)c1ccc(NC(=O)C2C=C(C)N(c3ccccc3C(F)(F)F)C2C)cc1. The van der Waals surface area contributed by atoms with E-state index in [0.29, 0.717) is 11.4 Å². The Bertz CT molecular complexity index is 1130. The molecule has 1 aliphatic heterocycles. The van der Waals surface area contributed by atoms with Crippen LogP contribution in [0, 0.1) is 5.92 Å². The molecule has 0 saturated heterocycles. The number of amides is 1. The van der Waals surface area contributed by atoms with Crippen LogP contribution in [-0.2, 0) is 21.0 Å². The Morgan fingerprint density at radius 2 is 1.72 bits per heavy atom. The van der Waals surface area contributed by atoms with E-state index < -0.39 is 39.6 Å². The number of halogens is 3. The fourth-order valence-electron chi connectivity index (χ4n) is 3.81. The molecule has 1 amide bonds. The molecule has 0 fully saturated rings. The minimum Gasteiger partial charge on any atom is -0.341 e. The van der Waals surface area contributed by atoms with E-state index in [2.05, 4.69) is 10.0 Å². The van der Waals surface area contributed by atoms with Crippen molar-refractivity contribution in [2.45, 2.75) is 37.9 Å². The molecule has 2 unspecified atom stereocenters. The third kappa shape index (κ3) is 4.81. The van der Waals surface area contributed by atoms with Crippen LogP contribution in [0.1, 0.15) is 26.3 Å². The lowest BCUT2D eigenvalue weighted by molar-refractivity contribution is -0.137. The molecule has 3 rings (SSSR count). The first-order valence-electron chi connectivity index (χ1n) is 10.00. The maximum atomic E-state index is 13.5. The summed E-state index contributed by atoms with van der Waals surface area (Å²) in [5.41, 5.74) is 0.159. The maximum Gasteiger partial charge on any atom is 0.418 e. The lowest BCUT2D eigenvalue weighted by Crippen LogP contribution is -2.37. The van der Waals surface area contributed by atoms with Crippen LogP contribution < -0.4 is 14.9 Å².